The minimum atomic E-state index is -3.75. The second-order valence-electron chi connectivity index (χ2n) is 7.91. The van der Waals surface area contributed by atoms with Crippen molar-refractivity contribution in [2.75, 3.05) is 32.8 Å². The largest absolute Gasteiger partial charge is 0.379 e. The van der Waals surface area contributed by atoms with Crippen molar-refractivity contribution in [3.63, 3.8) is 0 Å². The summed E-state index contributed by atoms with van der Waals surface area (Å²) in [5.74, 6) is 0.502. The van der Waals surface area contributed by atoms with E-state index in [2.05, 4.69) is 0 Å². The molecule has 2 heterocycles. The van der Waals surface area contributed by atoms with Crippen LogP contribution in [-0.4, -0.2) is 62.4 Å². The van der Waals surface area contributed by atoms with Crippen LogP contribution in [0.1, 0.15) is 48.9 Å². The number of carbonyl (C=O) groups is 1. The van der Waals surface area contributed by atoms with Crippen molar-refractivity contribution in [2.45, 2.75) is 49.5 Å². The van der Waals surface area contributed by atoms with E-state index in [1.165, 1.54) is 35.7 Å². The number of likely N-dealkylation sites (tertiary alicyclic amines) is 1. The Morgan fingerprint density at radius 2 is 1.75 bits per heavy atom. The number of piperidine rings is 1. The first-order chi connectivity index (χ1) is 13.5. The van der Waals surface area contributed by atoms with Crippen LogP contribution in [0.4, 0.5) is 0 Å². The molecule has 1 amide bonds. The number of morpholine rings is 1. The zero-order chi connectivity index (χ0) is 19.7. The van der Waals surface area contributed by atoms with Gasteiger partial charge in [0, 0.05) is 31.2 Å². The van der Waals surface area contributed by atoms with Gasteiger partial charge in [-0.15, -0.1) is 0 Å². The van der Waals surface area contributed by atoms with Gasteiger partial charge in [0.15, 0.2) is 0 Å². The molecule has 0 bridgehead atoms. The van der Waals surface area contributed by atoms with Gasteiger partial charge in [-0.25, -0.2) is 8.42 Å². The fourth-order valence-corrected chi connectivity index (χ4v) is 6.71. The lowest BCUT2D eigenvalue weighted by Crippen LogP contribution is -2.49. The van der Waals surface area contributed by atoms with E-state index in [0.29, 0.717) is 37.8 Å². The summed E-state index contributed by atoms with van der Waals surface area (Å²) in [6.07, 6.45) is 6.83. The van der Waals surface area contributed by atoms with E-state index in [1.54, 1.807) is 6.07 Å². The first kappa shape index (κ1) is 20.1. The van der Waals surface area contributed by atoms with Crippen LogP contribution in [-0.2, 0) is 14.8 Å². The molecule has 0 spiro atoms. The van der Waals surface area contributed by atoms with Gasteiger partial charge in [0.1, 0.15) is 4.90 Å². The Morgan fingerprint density at radius 3 is 2.54 bits per heavy atom. The normalized spacial score (nSPS) is 26.7. The third-order valence-corrected chi connectivity index (χ3v) is 8.65. The molecular formula is C20H27ClN2O4S. The van der Waals surface area contributed by atoms with Crippen molar-refractivity contribution in [3.05, 3.63) is 28.8 Å². The maximum Gasteiger partial charge on any atom is 0.254 e. The molecule has 1 aromatic carbocycles. The van der Waals surface area contributed by atoms with Crippen LogP contribution in [0.5, 0.6) is 0 Å². The second-order valence-corrected chi connectivity index (χ2v) is 10.2. The van der Waals surface area contributed by atoms with Crippen molar-refractivity contribution in [2.24, 2.45) is 5.92 Å². The number of hydrogen-bond acceptors (Lipinski definition) is 4. The zero-order valence-electron chi connectivity index (χ0n) is 16.0. The number of benzene rings is 1. The lowest BCUT2D eigenvalue weighted by Gasteiger charge is -2.44. The fraction of sp³-hybridized carbons (Fsp3) is 0.650. The van der Waals surface area contributed by atoms with E-state index in [9.17, 15) is 13.2 Å². The van der Waals surface area contributed by atoms with Gasteiger partial charge in [0.25, 0.3) is 5.91 Å². The van der Waals surface area contributed by atoms with Crippen molar-refractivity contribution in [1.29, 1.82) is 0 Å². The number of fused-ring (bicyclic) bond motifs is 1. The Hall–Kier alpha value is -1.15. The monoisotopic (exact) mass is 426 g/mol. The number of ether oxygens (including phenoxy) is 1. The minimum absolute atomic E-state index is 0.0131. The Bertz CT molecular complexity index is 837. The highest BCUT2D eigenvalue weighted by molar-refractivity contribution is 7.89. The summed E-state index contributed by atoms with van der Waals surface area (Å²) in [7, 11) is -3.75. The minimum Gasteiger partial charge on any atom is -0.379 e. The van der Waals surface area contributed by atoms with Crippen LogP contribution in [0, 0.1) is 5.92 Å². The molecular weight excluding hydrogens is 400 g/mol. The fourth-order valence-electron chi connectivity index (χ4n) is 4.80. The third-order valence-electron chi connectivity index (χ3n) is 6.27. The van der Waals surface area contributed by atoms with Crippen LogP contribution >= 0.6 is 11.6 Å². The van der Waals surface area contributed by atoms with Crippen molar-refractivity contribution in [1.82, 2.24) is 9.21 Å². The van der Waals surface area contributed by atoms with Crippen molar-refractivity contribution in [3.8, 4) is 0 Å². The topological polar surface area (TPSA) is 66.9 Å². The summed E-state index contributed by atoms with van der Waals surface area (Å²) in [4.78, 5) is 15.3. The number of rotatable bonds is 3. The number of amides is 1. The van der Waals surface area contributed by atoms with Crippen molar-refractivity contribution < 1.29 is 17.9 Å². The molecule has 2 saturated heterocycles. The number of carbonyl (C=O) groups excluding carboxylic acids is 1. The molecule has 3 fully saturated rings. The quantitative estimate of drug-likeness (QED) is 0.744. The summed E-state index contributed by atoms with van der Waals surface area (Å²) in [5, 5.41) is 0.150. The van der Waals surface area contributed by atoms with Gasteiger partial charge in [-0.1, -0.05) is 24.4 Å². The molecule has 6 nitrogen and oxygen atoms in total. The highest BCUT2D eigenvalue weighted by Gasteiger charge is 2.36. The van der Waals surface area contributed by atoms with Gasteiger partial charge in [-0.2, -0.15) is 4.31 Å². The molecule has 28 heavy (non-hydrogen) atoms. The summed E-state index contributed by atoms with van der Waals surface area (Å²) in [6.45, 7) is 2.08. The standard InChI is InChI=1S/C20H27ClN2O4S/c21-17-8-7-16(14-19(17)28(25,26)22-10-12-27-13-11-22)20(24)23-9-3-5-15-4-1-2-6-18(15)23/h7-8,14-15,18H,1-6,9-13H2/t15-,18-/m1/s1. The molecule has 0 radical (unpaired) electrons. The highest BCUT2D eigenvalue weighted by Crippen LogP contribution is 2.36. The average Bonchev–Trinajstić information content (AvgIpc) is 2.73. The van der Waals surface area contributed by atoms with Crippen LogP contribution in [0.3, 0.4) is 0 Å². The Balaban J connectivity index is 1.62. The van der Waals surface area contributed by atoms with E-state index in [-0.39, 0.29) is 21.9 Å². The maximum absolute atomic E-state index is 13.3. The Morgan fingerprint density at radius 1 is 1.04 bits per heavy atom. The van der Waals surface area contributed by atoms with E-state index in [4.69, 9.17) is 16.3 Å². The van der Waals surface area contributed by atoms with Crippen LogP contribution in [0.15, 0.2) is 23.1 Å². The summed E-state index contributed by atoms with van der Waals surface area (Å²) in [5.41, 5.74) is 0.405. The molecule has 1 aromatic rings. The molecule has 2 atom stereocenters. The molecule has 2 aliphatic heterocycles. The molecule has 1 saturated carbocycles. The molecule has 4 rings (SSSR count). The second kappa shape index (κ2) is 8.30. The van der Waals surface area contributed by atoms with E-state index < -0.39 is 10.0 Å². The molecule has 0 unspecified atom stereocenters. The van der Waals surface area contributed by atoms with Crippen molar-refractivity contribution >= 4 is 27.5 Å². The molecule has 0 N–H and O–H groups in total. The predicted molar refractivity (Wildman–Crippen MR) is 107 cm³/mol. The molecule has 3 aliphatic rings. The highest BCUT2D eigenvalue weighted by atomic mass is 35.5. The van der Waals surface area contributed by atoms with Crippen LogP contribution in [0.2, 0.25) is 5.02 Å². The maximum atomic E-state index is 13.3. The lowest BCUT2D eigenvalue weighted by molar-refractivity contribution is 0.0390. The number of halogens is 1. The summed E-state index contributed by atoms with van der Waals surface area (Å²) < 4.78 is 32.7. The molecule has 0 aromatic heterocycles. The number of hydrogen-bond donors (Lipinski definition) is 0. The number of sulfonamides is 1. The van der Waals surface area contributed by atoms with E-state index in [1.807, 2.05) is 4.90 Å². The lowest BCUT2D eigenvalue weighted by atomic mass is 9.78. The van der Waals surface area contributed by atoms with E-state index >= 15 is 0 Å². The molecule has 8 heteroatoms. The summed E-state index contributed by atoms with van der Waals surface area (Å²) >= 11 is 6.24. The zero-order valence-corrected chi connectivity index (χ0v) is 17.6. The van der Waals surface area contributed by atoms with Gasteiger partial charge in [-0.3, -0.25) is 4.79 Å². The summed E-state index contributed by atoms with van der Waals surface area (Å²) in [6, 6.07) is 4.92. The third kappa shape index (κ3) is 3.82. The number of nitrogens with zero attached hydrogens (tertiary/aromatic N) is 2. The predicted octanol–water partition coefficient (Wildman–Crippen LogP) is 3.16. The van der Waals surface area contributed by atoms with Gasteiger partial charge in [0.2, 0.25) is 10.0 Å². The molecule has 1 aliphatic carbocycles. The van der Waals surface area contributed by atoms with Gasteiger partial charge in [0.05, 0.1) is 18.2 Å². The van der Waals surface area contributed by atoms with Gasteiger partial charge in [-0.05, 0) is 49.8 Å². The van der Waals surface area contributed by atoms with Gasteiger partial charge < -0.3 is 9.64 Å². The SMILES string of the molecule is O=C(c1ccc(Cl)c(S(=O)(=O)N2CCOCC2)c1)N1CCC[C@H]2CCCC[C@H]21. The Labute approximate surface area is 171 Å². The smallest absolute Gasteiger partial charge is 0.254 e. The Kier molecular flexibility index (Phi) is 5.97. The van der Waals surface area contributed by atoms with E-state index in [0.717, 1.165) is 25.8 Å². The van der Waals surface area contributed by atoms with Crippen LogP contribution < -0.4 is 0 Å². The first-order valence-electron chi connectivity index (χ1n) is 10.2. The average molecular weight is 427 g/mol. The van der Waals surface area contributed by atoms with Crippen LogP contribution in [0.25, 0.3) is 0 Å². The first-order valence-corrected chi connectivity index (χ1v) is 12.0. The molecule has 154 valence electrons. The van der Waals surface area contributed by atoms with Gasteiger partial charge >= 0.3 is 0 Å².